The zero-order valence-corrected chi connectivity index (χ0v) is 18.8. The van der Waals surface area contributed by atoms with Crippen molar-refractivity contribution in [2.24, 2.45) is 17.8 Å². The van der Waals surface area contributed by atoms with Gasteiger partial charge in [0, 0.05) is 5.69 Å². The predicted octanol–water partition coefficient (Wildman–Crippen LogP) is 3.80. The van der Waals surface area contributed by atoms with E-state index in [1.54, 1.807) is 18.2 Å². The van der Waals surface area contributed by atoms with Gasteiger partial charge in [0.25, 0.3) is 5.91 Å². The van der Waals surface area contributed by atoms with Crippen molar-refractivity contribution >= 4 is 35.1 Å². The lowest BCUT2D eigenvalue weighted by molar-refractivity contribution is -0.123. The van der Waals surface area contributed by atoms with Crippen molar-refractivity contribution in [3.63, 3.8) is 0 Å². The SMILES string of the molecule is Cc1ccc(NC(=O)COC(=O)c2ccc(N3C(=O)[C@@H]4[C@@H](C)C=CC[C@H]4C3=O)cc2)cc1C. The second kappa shape index (κ2) is 9.02. The van der Waals surface area contributed by atoms with Crippen LogP contribution in [0.15, 0.2) is 54.6 Å². The lowest BCUT2D eigenvalue weighted by Crippen LogP contribution is -2.31. The van der Waals surface area contributed by atoms with Crippen molar-refractivity contribution in [1.82, 2.24) is 0 Å². The minimum absolute atomic E-state index is 0.00872. The van der Waals surface area contributed by atoms with Gasteiger partial charge >= 0.3 is 5.97 Å². The molecule has 3 atom stereocenters. The topological polar surface area (TPSA) is 92.8 Å². The number of hydrogen-bond acceptors (Lipinski definition) is 5. The third-order valence-electron chi connectivity index (χ3n) is 6.36. The van der Waals surface area contributed by atoms with Crippen LogP contribution in [0.3, 0.4) is 0 Å². The number of benzene rings is 2. The summed E-state index contributed by atoms with van der Waals surface area (Å²) < 4.78 is 5.11. The molecule has 7 nitrogen and oxygen atoms in total. The van der Waals surface area contributed by atoms with Gasteiger partial charge in [-0.2, -0.15) is 0 Å². The monoisotopic (exact) mass is 446 g/mol. The molecule has 0 saturated carbocycles. The van der Waals surface area contributed by atoms with Gasteiger partial charge in [-0.25, -0.2) is 4.79 Å². The average molecular weight is 447 g/mol. The van der Waals surface area contributed by atoms with Gasteiger partial charge < -0.3 is 10.1 Å². The van der Waals surface area contributed by atoms with E-state index in [1.807, 2.05) is 45.1 Å². The first-order chi connectivity index (χ1) is 15.8. The molecule has 1 heterocycles. The highest BCUT2D eigenvalue weighted by atomic mass is 16.5. The maximum atomic E-state index is 12.9. The summed E-state index contributed by atoms with van der Waals surface area (Å²) in [6.45, 7) is 5.44. The number of anilines is 2. The molecule has 7 heteroatoms. The number of nitrogens with one attached hydrogen (secondary N) is 1. The zero-order valence-electron chi connectivity index (χ0n) is 18.8. The van der Waals surface area contributed by atoms with Crippen molar-refractivity contribution in [3.05, 3.63) is 71.3 Å². The normalized spacial score (nSPS) is 21.7. The molecule has 170 valence electrons. The summed E-state index contributed by atoms with van der Waals surface area (Å²) in [5, 5.41) is 2.70. The van der Waals surface area contributed by atoms with Crippen molar-refractivity contribution in [2.75, 3.05) is 16.8 Å². The number of fused-ring (bicyclic) bond motifs is 1. The van der Waals surface area contributed by atoms with Crippen LogP contribution >= 0.6 is 0 Å². The number of hydrogen-bond donors (Lipinski definition) is 1. The number of carbonyl (C=O) groups excluding carboxylic acids is 4. The first-order valence-electron chi connectivity index (χ1n) is 10.9. The summed E-state index contributed by atoms with van der Waals surface area (Å²) in [5.41, 5.74) is 3.45. The van der Waals surface area contributed by atoms with Gasteiger partial charge in [0.15, 0.2) is 6.61 Å². The van der Waals surface area contributed by atoms with E-state index < -0.39 is 18.5 Å². The molecule has 1 aliphatic heterocycles. The summed E-state index contributed by atoms with van der Waals surface area (Å²) in [7, 11) is 0. The summed E-state index contributed by atoms with van der Waals surface area (Å²) in [4.78, 5) is 51.4. The number of carbonyl (C=O) groups is 4. The molecule has 1 saturated heterocycles. The molecule has 3 amide bonds. The van der Waals surface area contributed by atoms with Gasteiger partial charge in [-0.1, -0.05) is 25.1 Å². The Morgan fingerprint density at radius 1 is 1.03 bits per heavy atom. The molecular formula is C26H26N2O5. The minimum atomic E-state index is -0.664. The predicted molar refractivity (Wildman–Crippen MR) is 124 cm³/mol. The largest absolute Gasteiger partial charge is 0.452 e. The Morgan fingerprint density at radius 2 is 1.76 bits per heavy atom. The van der Waals surface area contributed by atoms with Crippen LogP contribution in [-0.4, -0.2) is 30.3 Å². The Hall–Kier alpha value is -3.74. The van der Waals surface area contributed by atoms with E-state index in [0.29, 0.717) is 17.8 Å². The van der Waals surface area contributed by atoms with Gasteiger partial charge in [0.05, 0.1) is 23.1 Å². The number of amides is 3. The number of esters is 1. The van der Waals surface area contributed by atoms with Crippen LogP contribution in [0.1, 0.15) is 34.8 Å². The van der Waals surface area contributed by atoms with Crippen LogP contribution in [0.4, 0.5) is 11.4 Å². The Labute approximate surface area is 192 Å². The van der Waals surface area contributed by atoms with Crippen LogP contribution < -0.4 is 10.2 Å². The third kappa shape index (κ3) is 4.44. The molecule has 0 spiro atoms. The van der Waals surface area contributed by atoms with Crippen LogP contribution in [0.2, 0.25) is 0 Å². The lowest BCUT2D eigenvalue weighted by Gasteiger charge is -2.22. The van der Waals surface area contributed by atoms with Gasteiger partial charge in [0.1, 0.15) is 0 Å². The fraction of sp³-hybridized carbons (Fsp3) is 0.308. The molecule has 0 aromatic heterocycles. The van der Waals surface area contributed by atoms with E-state index in [2.05, 4.69) is 5.32 Å². The Morgan fingerprint density at radius 3 is 2.42 bits per heavy atom. The summed E-state index contributed by atoms with van der Waals surface area (Å²) in [5.74, 6) is -2.20. The van der Waals surface area contributed by atoms with E-state index in [9.17, 15) is 19.2 Å². The van der Waals surface area contributed by atoms with Crippen LogP contribution in [0, 0.1) is 31.6 Å². The Balaban J connectivity index is 1.36. The molecule has 1 aliphatic carbocycles. The highest BCUT2D eigenvalue weighted by Crippen LogP contribution is 2.40. The first kappa shape index (κ1) is 22.5. The Kier molecular flexibility index (Phi) is 6.14. The van der Waals surface area contributed by atoms with Crippen LogP contribution in [-0.2, 0) is 19.1 Å². The molecule has 2 aromatic rings. The lowest BCUT2D eigenvalue weighted by atomic mass is 9.78. The summed E-state index contributed by atoms with van der Waals surface area (Å²) >= 11 is 0. The summed E-state index contributed by atoms with van der Waals surface area (Å²) in [6.07, 6.45) is 4.49. The van der Waals surface area contributed by atoms with Crippen LogP contribution in [0.25, 0.3) is 0 Å². The standard InChI is InChI=1S/C26H26N2O5/c1-15-7-10-19(13-17(15)3)27-22(29)14-33-26(32)18-8-11-20(12-9-18)28-24(30)21-6-4-5-16(2)23(21)25(28)31/h4-5,7-13,16,21,23H,6,14H2,1-3H3,(H,27,29)/t16-,21+,23+/m0/s1. The zero-order chi connectivity index (χ0) is 23.7. The number of allylic oxidation sites excluding steroid dienone is 2. The number of rotatable bonds is 5. The minimum Gasteiger partial charge on any atom is -0.452 e. The molecule has 0 unspecified atom stereocenters. The van der Waals surface area contributed by atoms with Crippen LogP contribution in [0.5, 0.6) is 0 Å². The van der Waals surface area contributed by atoms with E-state index in [0.717, 1.165) is 11.1 Å². The van der Waals surface area contributed by atoms with Gasteiger partial charge in [0.2, 0.25) is 11.8 Å². The second-order valence-corrected chi connectivity index (χ2v) is 8.64. The third-order valence-corrected chi connectivity index (χ3v) is 6.36. The molecular weight excluding hydrogens is 420 g/mol. The molecule has 4 rings (SSSR count). The van der Waals surface area contributed by atoms with Gasteiger partial charge in [-0.3, -0.25) is 19.3 Å². The first-order valence-corrected chi connectivity index (χ1v) is 10.9. The molecule has 0 radical (unpaired) electrons. The van der Waals surface area contributed by atoms with Gasteiger partial charge in [-0.05, 0) is 73.7 Å². The fourth-order valence-corrected chi connectivity index (χ4v) is 4.38. The highest BCUT2D eigenvalue weighted by molar-refractivity contribution is 6.22. The molecule has 0 bridgehead atoms. The number of aryl methyl sites for hydroxylation is 2. The average Bonchev–Trinajstić information content (AvgIpc) is 3.06. The highest BCUT2D eigenvalue weighted by Gasteiger charge is 2.50. The van der Waals surface area contributed by atoms with Crippen molar-refractivity contribution in [3.8, 4) is 0 Å². The maximum Gasteiger partial charge on any atom is 0.338 e. The smallest absolute Gasteiger partial charge is 0.338 e. The summed E-state index contributed by atoms with van der Waals surface area (Å²) in [6, 6.07) is 11.6. The Bertz CT molecular complexity index is 1150. The van der Waals surface area contributed by atoms with E-state index >= 15 is 0 Å². The van der Waals surface area contributed by atoms with Crippen molar-refractivity contribution < 1.29 is 23.9 Å². The molecule has 33 heavy (non-hydrogen) atoms. The maximum absolute atomic E-state index is 12.9. The number of imide groups is 1. The molecule has 1 N–H and O–H groups in total. The van der Waals surface area contributed by atoms with Crippen molar-refractivity contribution in [1.29, 1.82) is 0 Å². The molecule has 2 aliphatic rings. The van der Waals surface area contributed by atoms with E-state index in [4.69, 9.17) is 4.74 Å². The van der Waals surface area contributed by atoms with Gasteiger partial charge in [-0.15, -0.1) is 0 Å². The van der Waals surface area contributed by atoms with E-state index in [-0.39, 0.29) is 35.1 Å². The molecule has 1 fully saturated rings. The number of ether oxygens (including phenoxy) is 1. The van der Waals surface area contributed by atoms with E-state index in [1.165, 1.54) is 17.0 Å². The number of nitrogens with zero attached hydrogens (tertiary/aromatic N) is 1. The second-order valence-electron chi connectivity index (χ2n) is 8.64. The molecule has 2 aromatic carbocycles. The quantitative estimate of drug-likeness (QED) is 0.428. The fourth-order valence-electron chi connectivity index (χ4n) is 4.38. The van der Waals surface area contributed by atoms with Crippen molar-refractivity contribution in [2.45, 2.75) is 27.2 Å².